The van der Waals surface area contributed by atoms with Crippen LogP contribution in [-0.4, -0.2) is 14.4 Å². The first-order chi connectivity index (χ1) is 9.67. The molecule has 3 nitrogen and oxygen atoms in total. The van der Waals surface area contributed by atoms with Gasteiger partial charge in [-0.05, 0) is 0 Å². The van der Waals surface area contributed by atoms with E-state index in [9.17, 15) is 14.4 Å². The standard InChI is InChI=1S/C8H17.C5H5.3CO.Mn/c1-3-5-7-8-6-4-2;1-2-4-5-3-1;3*1-2;/h1,3-8H2,2H3;1-3H,4H2;;;;. The molecule has 0 heterocycles. The number of rotatable bonds is 8. The van der Waals surface area contributed by atoms with Crippen LogP contribution in [0.1, 0.15) is 51.9 Å². The van der Waals surface area contributed by atoms with Crippen molar-refractivity contribution in [2.45, 2.75) is 57.2 Å². The van der Waals surface area contributed by atoms with Gasteiger partial charge in [0.05, 0.1) is 0 Å². The normalized spacial score (nSPS) is 15.7. The van der Waals surface area contributed by atoms with Crippen LogP contribution in [0.3, 0.4) is 0 Å². The van der Waals surface area contributed by atoms with Crippen LogP contribution < -0.4 is 0 Å². The quantitative estimate of drug-likeness (QED) is 0.508. The van der Waals surface area contributed by atoms with Crippen molar-refractivity contribution < 1.29 is 24.9 Å². The molecule has 4 heteroatoms. The molecule has 1 rings (SSSR count). The summed E-state index contributed by atoms with van der Waals surface area (Å²) in [4.78, 5) is 40.0. The second-order valence-corrected chi connectivity index (χ2v) is 10.5. The van der Waals surface area contributed by atoms with Crippen LogP contribution >= 0.6 is 0 Å². The zero-order valence-corrected chi connectivity index (χ0v) is 13.2. The van der Waals surface area contributed by atoms with Gasteiger partial charge < -0.3 is 0 Å². The number of carbonyl (C=O) groups excluding carboxylic acids is 3. The molecule has 0 aromatic heterocycles. The number of hydrogen-bond donors (Lipinski definition) is 0. The van der Waals surface area contributed by atoms with Gasteiger partial charge in [0.15, 0.2) is 0 Å². The Hall–Kier alpha value is -1.26. The summed E-state index contributed by atoms with van der Waals surface area (Å²) in [5.41, 5.74) is 0. The SMILES string of the molecule is CCCCCCC[CH2][Mn](=[C]=O)(=[C]=O)(=[C]=O)[C]1=CC=CC1. The van der Waals surface area contributed by atoms with Crippen molar-refractivity contribution >= 4 is 14.4 Å². The second kappa shape index (κ2) is 7.50. The Labute approximate surface area is 119 Å². The minimum absolute atomic E-state index is 0.275. The molecular weight excluding hydrogens is 295 g/mol. The topological polar surface area (TPSA) is 51.2 Å². The van der Waals surface area contributed by atoms with E-state index in [2.05, 4.69) is 6.92 Å². The zero-order valence-electron chi connectivity index (χ0n) is 12.0. The van der Waals surface area contributed by atoms with Gasteiger partial charge in [-0.15, -0.1) is 0 Å². The Kier molecular flexibility index (Phi) is 6.30. The number of hydrogen-bond acceptors (Lipinski definition) is 3. The van der Waals surface area contributed by atoms with Gasteiger partial charge in [0, 0.05) is 0 Å². The van der Waals surface area contributed by atoms with E-state index in [-0.39, 0.29) is 5.32 Å². The Morgan fingerprint density at radius 3 is 2.10 bits per heavy atom. The fourth-order valence-electron chi connectivity index (χ4n) is 2.31. The predicted molar refractivity (Wildman–Crippen MR) is 77.1 cm³/mol. The monoisotopic (exact) mass is 317 g/mol. The van der Waals surface area contributed by atoms with Gasteiger partial charge in [-0.3, -0.25) is 0 Å². The average Bonchev–Trinajstić information content (AvgIpc) is 3.03. The van der Waals surface area contributed by atoms with Gasteiger partial charge in [0.25, 0.3) is 0 Å². The van der Waals surface area contributed by atoms with Crippen LogP contribution in [0, 0.1) is 0 Å². The van der Waals surface area contributed by atoms with Crippen LogP contribution in [0.5, 0.6) is 0 Å². The summed E-state index contributed by atoms with van der Waals surface area (Å²) in [5.74, 6) is 0. The van der Waals surface area contributed by atoms with Crippen LogP contribution in [0.4, 0.5) is 0 Å². The van der Waals surface area contributed by atoms with Gasteiger partial charge in [-0.1, -0.05) is 0 Å². The first kappa shape index (κ1) is 16.8. The van der Waals surface area contributed by atoms with E-state index < -0.39 is 10.5 Å². The fraction of sp³-hybridized carbons (Fsp3) is 0.562. The molecule has 0 saturated heterocycles. The van der Waals surface area contributed by atoms with Crippen molar-refractivity contribution in [2.24, 2.45) is 0 Å². The summed E-state index contributed by atoms with van der Waals surface area (Å²) in [6, 6.07) is 0. The molecule has 0 spiro atoms. The minimum atomic E-state index is -4.31. The van der Waals surface area contributed by atoms with Crippen LogP contribution in [0.2, 0.25) is 5.32 Å². The van der Waals surface area contributed by atoms with Crippen molar-refractivity contribution in [1.82, 2.24) is 0 Å². The second-order valence-electron chi connectivity index (χ2n) is 5.04. The molecule has 0 atom stereocenters. The number of unbranched alkanes of at least 4 members (excludes halogenated alkanes) is 5. The third kappa shape index (κ3) is 3.25. The molecule has 0 bridgehead atoms. The van der Waals surface area contributed by atoms with E-state index in [1.165, 1.54) is 12.8 Å². The molecule has 1 aliphatic carbocycles. The van der Waals surface area contributed by atoms with Crippen molar-refractivity contribution in [2.75, 3.05) is 0 Å². The molecule has 0 aromatic rings. The maximum absolute atomic E-state index is 11.5. The van der Waals surface area contributed by atoms with E-state index in [0.29, 0.717) is 17.3 Å². The van der Waals surface area contributed by atoms with Crippen LogP contribution in [0.25, 0.3) is 0 Å². The van der Waals surface area contributed by atoms with Gasteiger partial charge >= 0.3 is 119 Å². The molecule has 0 fully saturated rings. The summed E-state index contributed by atoms with van der Waals surface area (Å²) in [7, 11) is -4.31. The van der Waals surface area contributed by atoms with Crippen molar-refractivity contribution in [3.05, 3.63) is 22.7 Å². The molecule has 1 aliphatic rings. The zero-order chi connectivity index (χ0) is 14.9. The third-order valence-corrected chi connectivity index (χ3v) is 8.94. The van der Waals surface area contributed by atoms with Crippen LogP contribution in [0.15, 0.2) is 22.7 Å². The summed E-state index contributed by atoms with van der Waals surface area (Å²) in [6.07, 6.45) is 12.0. The van der Waals surface area contributed by atoms with Crippen molar-refractivity contribution in [3.63, 3.8) is 0 Å². The molecule has 0 radical (unpaired) electrons. The fourth-order valence-corrected chi connectivity index (χ4v) is 6.01. The Balaban J connectivity index is 2.93. The van der Waals surface area contributed by atoms with Gasteiger partial charge in [0.1, 0.15) is 0 Å². The first-order valence-electron chi connectivity index (χ1n) is 7.06. The van der Waals surface area contributed by atoms with E-state index in [0.717, 1.165) is 19.3 Å². The summed E-state index contributed by atoms with van der Waals surface area (Å²) in [5, 5.41) is 0.275. The molecule has 0 aromatic carbocycles. The first-order valence-corrected chi connectivity index (χ1v) is 10.3. The maximum atomic E-state index is 11.5. The average molecular weight is 317 g/mol. The molecule has 0 aliphatic heterocycles. The third-order valence-electron chi connectivity index (χ3n) is 3.64. The molecule has 0 N–H and O–H groups in total. The number of allylic oxidation sites excluding steroid dienone is 4. The molecule has 0 saturated carbocycles. The van der Waals surface area contributed by atoms with Crippen molar-refractivity contribution in [3.8, 4) is 0 Å². The van der Waals surface area contributed by atoms with Gasteiger partial charge in [0.2, 0.25) is 0 Å². The van der Waals surface area contributed by atoms with E-state index >= 15 is 0 Å². The van der Waals surface area contributed by atoms with E-state index in [1.807, 2.05) is 20.4 Å². The van der Waals surface area contributed by atoms with Gasteiger partial charge in [-0.2, -0.15) is 0 Å². The summed E-state index contributed by atoms with van der Waals surface area (Å²) < 4.78 is 0.597. The van der Waals surface area contributed by atoms with Gasteiger partial charge in [-0.25, -0.2) is 0 Å². The summed E-state index contributed by atoms with van der Waals surface area (Å²) >= 11 is 0. The van der Waals surface area contributed by atoms with Crippen molar-refractivity contribution in [1.29, 1.82) is 0 Å². The van der Waals surface area contributed by atoms with Crippen LogP contribution in [-0.2, 0) is 24.9 Å². The summed E-state index contributed by atoms with van der Waals surface area (Å²) in [6.45, 7) is 2.15. The molecule has 0 amide bonds. The molecule has 0 unspecified atom stereocenters. The van der Waals surface area contributed by atoms with E-state index in [4.69, 9.17) is 0 Å². The Morgan fingerprint density at radius 2 is 1.60 bits per heavy atom. The molecular formula is C16H22MnO3. The molecule has 111 valence electrons. The Bertz CT molecular complexity index is 649. The Morgan fingerprint density at radius 1 is 1.00 bits per heavy atom. The predicted octanol–water partition coefficient (Wildman–Crippen LogP) is 3.50. The molecule has 20 heavy (non-hydrogen) atoms. The van der Waals surface area contributed by atoms with E-state index in [1.54, 1.807) is 12.2 Å².